The van der Waals surface area contributed by atoms with Gasteiger partial charge in [0.2, 0.25) is 0 Å². The van der Waals surface area contributed by atoms with Gasteiger partial charge in [0.25, 0.3) is 0 Å². The van der Waals surface area contributed by atoms with Crippen LogP contribution in [0.2, 0.25) is 0 Å². The average molecular weight is 180 g/mol. The van der Waals surface area contributed by atoms with Gasteiger partial charge in [-0.25, -0.2) is 10.3 Å². The molecule has 0 aliphatic heterocycles. The van der Waals surface area contributed by atoms with Crippen molar-refractivity contribution < 1.29 is 13.8 Å². The van der Waals surface area contributed by atoms with E-state index in [1.54, 1.807) is 6.26 Å². The van der Waals surface area contributed by atoms with Crippen molar-refractivity contribution in [2.45, 2.75) is 0 Å². The first kappa shape index (κ1) is 10.4. The second-order valence-electron chi connectivity index (χ2n) is 1.84. The first-order chi connectivity index (χ1) is 5.16. The molecule has 6 heteroatoms. The van der Waals surface area contributed by atoms with E-state index < -0.39 is 16.8 Å². The van der Waals surface area contributed by atoms with E-state index in [-0.39, 0.29) is 0 Å². The third-order valence-electron chi connectivity index (χ3n) is 0.870. The maximum Gasteiger partial charge on any atom is 0.338 e. The minimum absolute atomic E-state index is 0.387. The third-order valence-corrected chi connectivity index (χ3v) is 1.65. The number of carbonyl (C=O) groups is 1. The van der Waals surface area contributed by atoms with Gasteiger partial charge in [0.15, 0.2) is 0 Å². The fourth-order valence-electron chi connectivity index (χ4n) is 0.437. The van der Waals surface area contributed by atoms with E-state index >= 15 is 0 Å². The SMILES string of the molecule is CONC(=O)NCCS(C)=O. The normalized spacial score (nSPS) is 12.2. The Morgan fingerprint density at radius 2 is 2.27 bits per heavy atom. The summed E-state index contributed by atoms with van der Waals surface area (Å²) < 4.78 is 10.5. The first-order valence-corrected chi connectivity index (χ1v) is 4.76. The Morgan fingerprint density at radius 3 is 2.73 bits per heavy atom. The molecule has 66 valence electrons. The van der Waals surface area contributed by atoms with Gasteiger partial charge in [0.05, 0.1) is 7.11 Å². The molecule has 2 N–H and O–H groups in total. The van der Waals surface area contributed by atoms with Gasteiger partial charge in [0, 0.05) is 29.4 Å². The highest BCUT2D eigenvalue weighted by atomic mass is 32.2. The van der Waals surface area contributed by atoms with Crippen LogP contribution in [0.3, 0.4) is 0 Å². The number of amides is 2. The van der Waals surface area contributed by atoms with Crippen LogP contribution in [0.15, 0.2) is 0 Å². The van der Waals surface area contributed by atoms with Crippen LogP contribution in [-0.2, 0) is 15.6 Å². The van der Waals surface area contributed by atoms with Gasteiger partial charge in [-0.3, -0.25) is 9.05 Å². The van der Waals surface area contributed by atoms with Crippen molar-refractivity contribution in [3.63, 3.8) is 0 Å². The molecule has 0 saturated carbocycles. The average Bonchev–Trinajstić information content (AvgIpc) is 1.87. The van der Waals surface area contributed by atoms with E-state index in [2.05, 4.69) is 15.6 Å². The van der Waals surface area contributed by atoms with Crippen molar-refractivity contribution in [3.8, 4) is 0 Å². The lowest BCUT2D eigenvalue weighted by atomic mass is 10.7. The number of hydrogen-bond acceptors (Lipinski definition) is 3. The summed E-state index contributed by atoms with van der Waals surface area (Å²) in [5.41, 5.74) is 2.07. The topological polar surface area (TPSA) is 67.4 Å². The number of rotatable bonds is 4. The summed E-state index contributed by atoms with van der Waals surface area (Å²) in [4.78, 5) is 14.9. The number of hydrogen-bond donors (Lipinski definition) is 2. The summed E-state index contributed by atoms with van der Waals surface area (Å²) in [7, 11) is 0.476. The van der Waals surface area contributed by atoms with Crippen molar-refractivity contribution in [2.75, 3.05) is 25.7 Å². The third kappa shape index (κ3) is 7.27. The van der Waals surface area contributed by atoms with E-state index in [0.717, 1.165) is 0 Å². The fraction of sp³-hybridized carbons (Fsp3) is 0.800. The van der Waals surface area contributed by atoms with Crippen LogP contribution in [0.4, 0.5) is 4.79 Å². The molecular weight excluding hydrogens is 168 g/mol. The summed E-state index contributed by atoms with van der Waals surface area (Å²) in [5, 5.41) is 2.45. The van der Waals surface area contributed by atoms with Crippen molar-refractivity contribution in [2.24, 2.45) is 0 Å². The Balaban J connectivity index is 3.24. The standard InChI is InChI=1S/C5H12N2O3S/c1-10-7-5(8)6-3-4-11(2)9/h3-4H2,1-2H3,(H2,6,7,8). The summed E-state index contributed by atoms with van der Waals surface area (Å²) in [6.07, 6.45) is 1.58. The Bertz CT molecular complexity index is 151. The smallest absolute Gasteiger partial charge is 0.335 e. The molecule has 0 aromatic carbocycles. The number of hydroxylamine groups is 1. The summed E-state index contributed by atoms with van der Waals surface area (Å²) in [6, 6.07) is -0.419. The largest absolute Gasteiger partial charge is 0.338 e. The summed E-state index contributed by atoms with van der Waals surface area (Å²) in [6.45, 7) is 0.387. The molecule has 0 aliphatic rings. The van der Waals surface area contributed by atoms with Crippen LogP contribution < -0.4 is 10.8 Å². The molecule has 0 radical (unpaired) electrons. The highest BCUT2D eigenvalue weighted by Gasteiger charge is 1.97. The van der Waals surface area contributed by atoms with Crippen molar-refractivity contribution in [1.29, 1.82) is 0 Å². The molecule has 0 saturated heterocycles. The van der Waals surface area contributed by atoms with Crippen LogP contribution in [0.1, 0.15) is 0 Å². The van der Waals surface area contributed by atoms with Gasteiger partial charge in [-0.15, -0.1) is 0 Å². The Hall–Kier alpha value is -0.620. The van der Waals surface area contributed by atoms with Crippen LogP contribution in [0, 0.1) is 0 Å². The van der Waals surface area contributed by atoms with E-state index in [1.165, 1.54) is 7.11 Å². The molecule has 0 rings (SSSR count). The molecule has 0 fully saturated rings. The number of urea groups is 1. The van der Waals surface area contributed by atoms with Gasteiger partial charge in [-0.05, 0) is 0 Å². The predicted molar refractivity (Wildman–Crippen MR) is 42.5 cm³/mol. The van der Waals surface area contributed by atoms with E-state index in [9.17, 15) is 9.00 Å². The lowest BCUT2D eigenvalue weighted by Crippen LogP contribution is -2.36. The van der Waals surface area contributed by atoms with Crippen molar-refractivity contribution in [3.05, 3.63) is 0 Å². The lowest BCUT2D eigenvalue weighted by molar-refractivity contribution is 0.108. The molecule has 1 unspecified atom stereocenters. The molecule has 0 heterocycles. The van der Waals surface area contributed by atoms with Gasteiger partial charge in [-0.1, -0.05) is 0 Å². The summed E-state index contributed by atoms with van der Waals surface area (Å²) in [5.74, 6) is 0.455. The van der Waals surface area contributed by atoms with Crippen LogP contribution in [0.25, 0.3) is 0 Å². The Kier molecular flexibility index (Phi) is 5.77. The van der Waals surface area contributed by atoms with Crippen molar-refractivity contribution in [1.82, 2.24) is 10.8 Å². The van der Waals surface area contributed by atoms with Gasteiger partial charge >= 0.3 is 6.03 Å². The molecule has 5 nitrogen and oxygen atoms in total. The maximum absolute atomic E-state index is 10.6. The van der Waals surface area contributed by atoms with Crippen LogP contribution in [-0.4, -0.2) is 35.9 Å². The second-order valence-corrected chi connectivity index (χ2v) is 3.39. The molecule has 0 aromatic heterocycles. The Labute approximate surface area is 67.9 Å². The quantitative estimate of drug-likeness (QED) is 0.558. The second kappa shape index (κ2) is 6.11. The highest BCUT2D eigenvalue weighted by Crippen LogP contribution is 1.71. The minimum atomic E-state index is -0.869. The van der Waals surface area contributed by atoms with E-state index in [0.29, 0.717) is 12.3 Å². The zero-order valence-corrected chi connectivity index (χ0v) is 7.36. The Morgan fingerprint density at radius 1 is 1.64 bits per heavy atom. The minimum Gasteiger partial charge on any atom is -0.335 e. The molecule has 0 aliphatic carbocycles. The highest BCUT2D eigenvalue weighted by molar-refractivity contribution is 7.84. The predicted octanol–water partition coefficient (Wildman–Crippen LogP) is -0.774. The fourth-order valence-corrected chi connectivity index (χ4v) is 0.827. The van der Waals surface area contributed by atoms with Crippen molar-refractivity contribution >= 4 is 16.8 Å². The lowest BCUT2D eigenvalue weighted by Gasteiger charge is -2.02. The van der Waals surface area contributed by atoms with Gasteiger partial charge in [-0.2, -0.15) is 0 Å². The van der Waals surface area contributed by atoms with Gasteiger partial charge in [0.1, 0.15) is 0 Å². The van der Waals surface area contributed by atoms with Crippen LogP contribution >= 0.6 is 0 Å². The van der Waals surface area contributed by atoms with Gasteiger partial charge < -0.3 is 5.32 Å². The number of carbonyl (C=O) groups excluding carboxylic acids is 1. The zero-order valence-electron chi connectivity index (χ0n) is 6.55. The number of nitrogens with one attached hydrogen (secondary N) is 2. The molecule has 2 amide bonds. The molecule has 11 heavy (non-hydrogen) atoms. The van der Waals surface area contributed by atoms with E-state index in [1.807, 2.05) is 0 Å². The molecule has 0 aromatic rings. The monoisotopic (exact) mass is 180 g/mol. The zero-order chi connectivity index (χ0) is 8.69. The molecule has 1 atom stereocenters. The molecule has 0 spiro atoms. The van der Waals surface area contributed by atoms with Crippen LogP contribution in [0.5, 0.6) is 0 Å². The first-order valence-electron chi connectivity index (χ1n) is 3.03. The maximum atomic E-state index is 10.6. The van der Waals surface area contributed by atoms with E-state index in [4.69, 9.17) is 0 Å². The summed E-state index contributed by atoms with van der Waals surface area (Å²) >= 11 is 0. The molecule has 0 bridgehead atoms. The molecular formula is C5H12N2O3S.